The Morgan fingerprint density at radius 2 is 1.94 bits per heavy atom. The van der Waals surface area contributed by atoms with Crippen molar-refractivity contribution in [1.82, 2.24) is 20.4 Å². The zero-order chi connectivity index (χ0) is 23.1. The molecule has 0 aromatic carbocycles. The van der Waals surface area contributed by atoms with E-state index >= 15 is 0 Å². The lowest BCUT2D eigenvalue weighted by Crippen LogP contribution is -2.37. The molecule has 1 atom stereocenters. The molecule has 1 heterocycles. The van der Waals surface area contributed by atoms with Crippen LogP contribution in [-0.4, -0.2) is 47.6 Å². The lowest BCUT2D eigenvalue weighted by Gasteiger charge is -2.48. The van der Waals surface area contributed by atoms with Crippen LogP contribution in [0.1, 0.15) is 96.2 Å². The van der Waals surface area contributed by atoms with E-state index in [0.29, 0.717) is 30.1 Å². The van der Waals surface area contributed by atoms with Gasteiger partial charge in [-0.05, 0) is 50.0 Å². The summed E-state index contributed by atoms with van der Waals surface area (Å²) in [7, 11) is 3.38. The van der Waals surface area contributed by atoms with Crippen molar-refractivity contribution in [2.75, 3.05) is 20.6 Å². The first-order valence-corrected chi connectivity index (χ1v) is 11.5. The number of nitrogens with one attached hydrogen (secondary N) is 1. The summed E-state index contributed by atoms with van der Waals surface area (Å²) in [5.41, 5.74) is 0.532. The average molecular weight is 436 g/mol. The molecule has 1 aliphatic carbocycles. The van der Waals surface area contributed by atoms with Gasteiger partial charge in [-0.15, -0.1) is 0 Å². The minimum absolute atomic E-state index is 0.100. The number of likely N-dealkylation sites (N-methyl/N-ethyl adjacent to an activating group) is 2. The lowest BCUT2D eigenvalue weighted by atomic mass is 9.57. The first kappa shape index (κ1) is 25.3. The summed E-state index contributed by atoms with van der Waals surface area (Å²) >= 11 is 0. The number of aromatic nitrogens is 2. The third-order valence-electron chi connectivity index (χ3n) is 6.96. The summed E-state index contributed by atoms with van der Waals surface area (Å²) in [6.45, 7) is 7.56. The molecule has 0 radical (unpaired) electrons. The van der Waals surface area contributed by atoms with Crippen molar-refractivity contribution in [1.29, 1.82) is 0 Å². The van der Waals surface area contributed by atoms with Gasteiger partial charge in [0.15, 0.2) is 5.82 Å². The van der Waals surface area contributed by atoms with Crippen LogP contribution in [0, 0.1) is 10.8 Å². The number of amides is 1. The van der Waals surface area contributed by atoms with E-state index in [-0.39, 0.29) is 30.2 Å². The minimum Gasteiger partial charge on any atom is -0.550 e. The summed E-state index contributed by atoms with van der Waals surface area (Å²) in [5.74, 6) is -0.762. The van der Waals surface area contributed by atoms with Gasteiger partial charge in [-0.2, -0.15) is 4.98 Å². The minimum atomic E-state index is -1.11. The molecule has 1 aromatic rings. The van der Waals surface area contributed by atoms with Crippen molar-refractivity contribution in [2.45, 2.75) is 91.0 Å². The predicted molar refractivity (Wildman–Crippen MR) is 116 cm³/mol. The fraction of sp³-hybridized carbons (Fsp3) is 0.826. The summed E-state index contributed by atoms with van der Waals surface area (Å²) in [6.07, 6.45) is 8.89. The fourth-order valence-corrected chi connectivity index (χ4v) is 4.92. The fourth-order valence-electron chi connectivity index (χ4n) is 4.92. The van der Waals surface area contributed by atoms with E-state index in [4.69, 9.17) is 4.52 Å². The number of carbonyl (C=O) groups is 2. The van der Waals surface area contributed by atoms with Gasteiger partial charge in [0, 0.05) is 18.9 Å². The molecule has 1 saturated carbocycles. The van der Waals surface area contributed by atoms with Gasteiger partial charge >= 0.3 is 0 Å². The average Bonchev–Trinajstić information content (AvgIpc) is 3.14. The van der Waals surface area contributed by atoms with E-state index in [1.165, 1.54) is 32.1 Å². The first-order valence-electron chi connectivity index (χ1n) is 11.5. The second kappa shape index (κ2) is 11.1. The van der Waals surface area contributed by atoms with Crippen LogP contribution in [-0.2, 0) is 16.1 Å². The molecule has 8 nitrogen and oxygen atoms in total. The van der Waals surface area contributed by atoms with Crippen LogP contribution in [0.15, 0.2) is 4.52 Å². The molecular formula is C23H39N4O4-. The van der Waals surface area contributed by atoms with Crippen molar-refractivity contribution in [2.24, 2.45) is 10.8 Å². The normalized spacial score (nSPS) is 17.5. The molecule has 8 heteroatoms. The Hall–Kier alpha value is -1.96. The number of carbonyl (C=O) groups excluding carboxylic acids is 2. The highest BCUT2D eigenvalue weighted by Gasteiger charge is 2.41. The van der Waals surface area contributed by atoms with E-state index in [1.807, 2.05) is 0 Å². The molecule has 1 unspecified atom stereocenters. The molecule has 2 rings (SSSR count). The summed E-state index contributed by atoms with van der Waals surface area (Å²) in [4.78, 5) is 29.1. The SMILES string of the molecule is CNC(=O)CN(C)Cc1noc(C(CCCC2(C(C)(C)C)CCCCC2)CC(=O)[O-])n1. The zero-order valence-electron chi connectivity index (χ0n) is 19.8. The van der Waals surface area contributed by atoms with Crippen molar-refractivity contribution in [3.05, 3.63) is 11.7 Å². The van der Waals surface area contributed by atoms with Crippen LogP contribution in [0.4, 0.5) is 0 Å². The van der Waals surface area contributed by atoms with Gasteiger partial charge in [0.25, 0.3) is 0 Å². The van der Waals surface area contributed by atoms with Gasteiger partial charge in [-0.25, -0.2) is 0 Å². The number of nitrogens with zero attached hydrogens (tertiary/aromatic N) is 3. The van der Waals surface area contributed by atoms with Gasteiger partial charge in [0.1, 0.15) is 0 Å². The molecule has 1 fully saturated rings. The van der Waals surface area contributed by atoms with Gasteiger partial charge < -0.3 is 19.7 Å². The summed E-state index contributed by atoms with van der Waals surface area (Å²) in [6, 6.07) is 0. The molecule has 0 bridgehead atoms. The number of aliphatic carboxylic acids is 1. The predicted octanol–water partition coefficient (Wildman–Crippen LogP) is 2.64. The Morgan fingerprint density at radius 3 is 2.52 bits per heavy atom. The second-order valence-corrected chi connectivity index (χ2v) is 10.2. The number of hydrogen-bond acceptors (Lipinski definition) is 7. The van der Waals surface area contributed by atoms with E-state index < -0.39 is 5.97 Å². The van der Waals surface area contributed by atoms with E-state index in [1.54, 1.807) is 19.0 Å². The number of rotatable bonds is 11. The Bertz CT molecular complexity index is 719. The highest BCUT2D eigenvalue weighted by molar-refractivity contribution is 5.77. The third-order valence-corrected chi connectivity index (χ3v) is 6.96. The molecule has 1 N–H and O–H groups in total. The summed E-state index contributed by atoms with van der Waals surface area (Å²) < 4.78 is 5.42. The van der Waals surface area contributed by atoms with E-state index in [2.05, 4.69) is 36.2 Å². The Labute approximate surface area is 186 Å². The molecule has 1 aliphatic rings. The van der Waals surface area contributed by atoms with Crippen molar-refractivity contribution >= 4 is 11.9 Å². The van der Waals surface area contributed by atoms with Crippen LogP contribution in [0.5, 0.6) is 0 Å². The molecule has 0 spiro atoms. The topological polar surface area (TPSA) is 111 Å². The van der Waals surface area contributed by atoms with Crippen molar-refractivity contribution in [3.63, 3.8) is 0 Å². The maximum atomic E-state index is 11.5. The molecule has 176 valence electrons. The largest absolute Gasteiger partial charge is 0.550 e. The van der Waals surface area contributed by atoms with Gasteiger partial charge in [0.2, 0.25) is 11.8 Å². The van der Waals surface area contributed by atoms with Crippen molar-refractivity contribution in [3.8, 4) is 0 Å². The molecule has 1 amide bonds. The number of carboxylic acids is 1. The molecule has 0 saturated heterocycles. The number of carboxylic acid groups (broad SMARTS) is 1. The Balaban J connectivity index is 2.01. The monoisotopic (exact) mass is 435 g/mol. The van der Waals surface area contributed by atoms with Crippen LogP contribution in [0.25, 0.3) is 0 Å². The van der Waals surface area contributed by atoms with E-state index in [0.717, 1.165) is 12.8 Å². The quantitative estimate of drug-likeness (QED) is 0.569. The van der Waals surface area contributed by atoms with Gasteiger partial charge in [0.05, 0.1) is 13.1 Å². The molecule has 31 heavy (non-hydrogen) atoms. The maximum Gasteiger partial charge on any atom is 0.233 e. The Kier molecular flexibility index (Phi) is 9.03. The zero-order valence-corrected chi connectivity index (χ0v) is 19.8. The van der Waals surface area contributed by atoms with Crippen LogP contribution >= 0.6 is 0 Å². The highest BCUT2D eigenvalue weighted by atomic mass is 16.5. The maximum absolute atomic E-state index is 11.5. The Morgan fingerprint density at radius 1 is 1.26 bits per heavy atom. The van der Waals surface area contributed by atoms with Gasteiger partial charge in [-0.3, -0.25) is 9.69 Å². The lowest BCUT2D eigenvalue weighted by molar-refractivity contribution is -0.306. The van der Waals surface area contributed by atoms with E-state index in [9.17, 15) is 14.7 Å². The molecule has 0 aliphatic heterocycles. The standard InChI is InChI=1S/C23H40N4O4/c1-22(2,3)23(11-7-6-8-12-23)13-9-10-17(14-20(29)30)21-25-18(26-31-21)15-27(5)16-19(28)24-4/h17H,6-16H2,1-5H3,(H,24,28)(H,29,30)/p-1. The molecular weight excluding hydrogens is 396 g/mol. The second-order valence-electron chi connectivity index (χ2n) is 10.2. The number of hydrogen-bond donors (Lipinski definition) is 1. The van der Waals surface area contributed by atoms with Crippen LogP contribution < -0.4 is 10.4 Å². The van der Waals surface area contributed by atoms with Gasteiger partial charge in [-0.1, -0.05) is 51.6 Å². The highest BCUT2D eigenvalue weighted by Crippen LogP contribution is 2.53. The molecule has 1 aromatic heterocycles. The summed E-state index contributed by atoms with van der Waals surface area (Å²) in [5, 5.41) is 17.9. The third kappa shape index (κ3) is 7.30. The van der Waals surface area contributed by atoms with Crippen molar-refractivity contribution < 1.29 is 19.2 Å². The van der Waals surface area contributed by atoms with Crippen LogP contribution in [0.3, 0.4) is 0 Å². The first-order chi connectivity index (χ1) is 14.6. The smallest absolute Gasteiger partial charge is 0.233 e. The van der Waals surface area contributed by atoms with Crippen LogP contribution in [0.2, 0.25) is 0 Å².